The number of ether oxygens (including phenoxy) is 1. The van der Waals surface area contributed by atoms with Gasteiger partial charge in [-0.2, -0.15) is 23.1 Å². The minimum Gasteiger partial charge on any atom is -0.467 e. The van der Waals surface area contributed by atoms with Crippen LogP contribution in [-0.2, 0) is 10.2 Å². The molecule has 0 spiro atoms. The van der Waals surface area contributed by atoms with Crippen molar-refractivity contribution in [2.45, 2.75) is 26.1 Å². The van der Waals surface area contributed by atoms with Gasteiger partial charge in [0.2, 0.25) is 0 Å². The molecule has 2 bridgehead atoms. The van der Waals surface area contributed by atoms with Crippen LogP contribution in [0.25, 0.3) is 11.4 Å². The maximum absolute atomic E-state index is 14.2. The molecular formula is C20H19FN8O3S. The molecule has 5 rings (SSSR count). The molecule has 0 aliphatic carbocycles. The monoisotopic (exact) mass is 470 g/mol. The molecule has 1 fully saturated rings. The summed E-state index contributed by atoms with van der Waals surface area (Å²) in [5, 5.41) is 17.0. The Kier molecular flexibility index (Phi) is 4.82. The molecule has 1 aromatic carbocycles. The van der Waals surface area contributed by atoms with Gasteiger partial charge < -0.3 is 10.5 Å². The number of nitriles is 1. The zero-order valence-electron chi connectivity index (χ0n) is 17.6. The van der Waals surface area contributed by atoms with Gasteiger partial charge in [-0.1, -0.05) is 6.07 Å². The minimum atomic E-state index is -4.28. The number of anilines is 1. The molecule has 3 aromatic rings. The molecule has 2 aliphatic heterocycles. The quantitative estimate of drug-likeness (QED) is 0.496. The van der Waals surface area contributed by atoms with E-state index in [0.29, 0.717) is 17.7 Å². The van der Waals surface area contributed by atoms with Crippen LogP contribution in [0.4, 0.5) is 10.2 Å². The van der Waals surface area contributed by atoms with Gasteiger partial charge in [-0.05, 0) is 31.5 Å². The number of hydrogen-bond donors (Lipinski definition) is 2. The Bertz CT molecular complexity index is 1430. The molecule has 4 heterocycles. The normalized spacial score (nSPS) is 21.5. The predicted molar refractivity (Wildman–Crippen MR) is 114 cm³/mol. The Morgan fingerprint density at radius 3 is 2.91 bits per heavy atom. The Morgan fingerprint density at radius 1 is 1.36 bits per heavy atom. The third kappa shape index (κ3) is 3.22. The fraction of sp³-hybridized carbons (Fsp3) is 0.300. The van der Waals surface area contributed by atoms with Crippen molar-refractivity contribution in [3.8, 4) is 23.3 Å². The second-order valence-corrected chi connectivity index (χ2v) is 9.43. The van der Waals surface area contributed by atoms with Gasteiger partial charge in [-0.3, -0.25) is 5.32 Å². The summed E-state index contributed by atoms with van der Waals surface area (Å²) in [5.41, 5.74) is 7.17. The summed E-state index contributed by atoms with van der Waals surface area (Å²) in [6, 6.07) is 6.07. The van der Waals surface area contributed by atoms with Crippen LogP contribution in [-0.4, -0.2) is 45.0 Å². The second-order valence-electron chi connectivity index (χ2n) is 7.72. The number of aromatic nitrogens is 4. The lowest BCUT2D eigenvalue weighted by Crippen LogP contribution is -2.39. The fourth-order valence-electron chi connectivity index (χ4n) is 4.15. The van der Waals surface area contributed by atoms with Crippen LogP contribution >= 0.6 is 0 Å². The standard InChI is InChI=1S/C20H19FN8O3S/c1-10-15(8-22)17-16-9-25-18(23)20(26-16)32-11(2)14-7-12(21)3-4-13(14)19-24-5-6-28(19)33(30,31)29(17)27-10/h3-4,7,9,11,19,24H,5-6H2,1-2H3,(H2,23,25). The van der Waals surface area contributed by atoms with Gasteiger partial charge in [0.15, 0.2) is 5.82 Å². The second kappa shape index (κ2) is 7.48. The maximum Gasteiger partial charge on any atom is 0.325 e. The van der Waals surface area contributed by atoms with E-state index in [-0.39, 0.29) is 40.9 Å². The average molecular weight is 470 g/mol. The highest BCUT2D eigenvalue weighted by Gasteiger charge is 2.41. The number of fused-ring (bicyclic) bond motifs is 7. The van der Waals surface area contributed by atoms with E-state index in [1.54, 1.807) is 6.92 Å². The first kappa shape index (κ1) is 21.3. The maximum atomic E-state index is 14.2. The summed E-state index contributed by atoms with van der Waals surface area (Å²) in [5.74, 6) is -0.607. The third-order valence-electron chi connectivity index (χ3n) is 5.69. The van der Waals surface area contributed by atoms with E-state index in [2.05, 4.69) is 20.4 Å². The van der Waals surface area contributed by atoms with Crippen LogP contribution in [0.2, 0.25) is 0 Å². The Morgan fingerprint density at radius 2 is 2.15 bits per heavy atom. The average Bonchev–Trinajstić information content (AvgIpc) is 3.40. The fourth-order valence-corrected chi connectivity index (χ4v) is 5.76. The van der Waals surface area contributed by atoms with Gasteiger partial charge in [0.05, 0.1) is 11.9 Å². The molecule has 2 aromatic heterocycles. The first-order valence-electron chi connectivity index (χ1n) is 10.1. The molecular weight excluding hydrogens is 451 g/mol. The number of nitrogens with two attached hydrogens (primary N) is 1. The Balaban J connectivity index is 1.86. The summed E-state index contributed by atoms with van der Waals surface area (Å²) in [6.45, 7) is 3.71. The van der Waals surface area contributed by atoms with Crippen molar-refractivity contribution in [3.05, 3.63) is 52.6 Å². The first-order chi connectivity index (χ1) is 15.7. The van der Waals surface area contributed by atoms with Crippen LogP contribution < -0.4 is 15.8 Å². The molecule has 1 saturated heterocycles. The zero-order valence-corrected chi connectivity index (χ0v) is 18.5. The predicted octanol–water partition coefficient (Wildman–Crippen LogP) is 1.39. The molecule has 13 heteroatoms. The van der Waals surface area contributed by atoms with Crippen molar-refractivity contribution in [2.75, 3.05) is 18.8 Å². The van der Waals surface area contributed by atoms with Gasteiger partial charge in [0.1, 0.15) is 41.1 Å². The number of aryl methyl sites for hydroxylation is 1. The lowest BCUT2D eigenvalue weighted by molar-refractivity contribution is 0.214. The smallest absolute Gasteiger partial charge is 0.325 e. The molecule has 170 valence electrons. The highest BCUT2D eigenvalue weighted by Crippen LogP contribution is 2.37. The number of halogens is 1. The molecule has 2 aliphatic rings. The summed E-state index contributed by atoms with van der Waals surface area (Å²) in [6.07, 6.45) is -0.285. The van der Waals surface area contributed by atoms with E-state index in [0.717, 1.165) is 4.09 Å². The van der Waals surface area contributed by atoms with Gasteiger partial charge in [0, 0.05) is 18.7 Å². The van der Waals surface area contributed by atoms with Gasteiger partial charge in [0.25, 0.3) is 5.88 Å². The number of nitrogen functional groups attached to an aromatic ring is 1. The van der Waals surface area contributed by atoms with Gasteiger partial charge in [-0.25, -0.2) is 14.4 Å². The first-order valence-corrected chi connectivity index (χ1v) is 11.5. The lowest BCUT2D eigenvalue weighted by Gasteiger charge is -2.28. The van der Waals surface area contributed by atoms with Crippen LogP contribution in [0.1, 0.15) is 41.6 Å². The van der Waals surface area contributed by atoms with Gasteiger partial charge in [-0.15, -0.1) is 4.09 Å². The Hall–Kier alpha value is -3.60. The number of hydrogen-bond acceptors (Lipinski definition) is 9. The van der Waals surface area contributed by atoms with E-state index in [1.165, 1.54) is 35.6 Å². The third-order valence-corrected chi connectivity index (χ3v) is 7.38. The van der Waals surface area contributed by atoms with Crippen molar-refractivity contribution < 1.29 is 17.5 Å². The largest absolute Gasteiger partial charge is 0.467 e. The molecule has 3 N–H and O–H groups in total. The molecule has 2 atom stereocenters. The van der Waals surface area contributed by atoms with Crippen LogP contribution in [0, 0.1) is 24.1 Å². The van der Waals surface area contributed by atoms with E-state index >= 15 is 0 Å². The van der Waals surface area contributed by atoms with Crippen molar-refractivity contribution in [3.63, 3.8) is 0 Å². The molecule has 0 saturated carbocycles. The van der Waals surface area contributed by atoms with E-state index < -0.39 is 28.3 Å². The molecule has 33 heavy (non-hydrogen) atoms. The van der Waals surface area contributed by atoms with Crippen molar-refractivity contribution in [1.29, 1.82) is 5.26 Å². The number of rotatable bonds is 0. The highest BCUT2D eigenvalue weighted by atomic mass is 32.2. The number of benzene rings is 1. The Labute approximate surface area is 188 Å². The molecule has 11 nitrogen and oxygen atoms in total. The van der Waals surface area contributed by atoms with E-state index in [1.807, 2.05) is 6.07 Å². The summed E-state index contributed by atoms with van der Waals surface area (Å²) >= 11 is 0. The van der Waals surface area contributed by atoms with Crippen LogP contribution in [0.15, 0.2) is 24.4 Å². The number of nitrogens with zero attached hydrogens (tertiary/aromatic N) is 6. The number of nitrogens with one attached hydrogen (secondary N) is 1. The zero-order chi connectivity index (χ0) is 23.5. The molecule has 0 radical (unpaired) electrons. The minimum absolute atomic E-state index is 0.0365. The summed E-state index contributed by atoms with van der Waals surface area (Å²) in [4.78, 5) is 8.43. The van der Waals surface area contributed by atoms with Crippen molar-refractivity contribution in [2.24, 2.45) is 0 Å². The molecule has 2 unspecified atom stereocenters. The van der Waals surface area contributed by atoms with E-state index in [9.17, 15) is 18.1 Å². The van der Waals surface area contributed by atoms with Crippen molar-refractivity contribution in [1.82, 2.24) is 28.8 Å². The van der Waals surface area contributed by atoms with Crippen LogP contribution in [0.3, 0.4) is 0 Å². The summed E-state index contributed by atoms with van der Waals surface area (Å²) in [7, 11) is -4.28. The molecule has 0 amide bonds. The van der Waals surface area contributed by atoms with E-state index in [4.69, 9.17) is 10.5 Å². The topological polar surface area (TPSA) is 152 Å². The highest BCUT2D eigenvalue weighted by molar-refractivity contribution is 7.87. The van der Waals surface area contributed by atoms with Crippen LogP contribution in [0.5, 0.6) is 5.88 Å². The summed E-state index contributed by atoms with van der Waals surface area (Å²) < 4.78 is 49.8. The van der Waals surface area contributed by atoms with Gasteiger partial charge >= 0.3 is 10.2 Å². The SMILES string of the molecule is Cc1nn2c(c1C#N)-c1cnc(N)c(n1)OC(C)c1cc(F)ccc1C1NCCN1S2(=O)=O. The lowest BCUT2D eigenvalue weighted by atomic mass is 10.0. The van der Waals surface area contributed by atoms with Crippen molar-refractivity contribution >= 4 is 16.0 Å².